The summed E-state index contributed by atoms with van der Waals surface area (Å²) in [6, 6.07) is 7.48. The average Bonchev–Trinajstić information content (AvgIpc) is 3.51. The number of hydrogen-bond donors (Lipinski definition) is 0. The van der Waals surface area contributed by atoms with Gasteiger partial charge in [-0.05, 0) is 62.1 Å². The second kappa shape index (κ2) is 7.92. The van der Waals surface area contributed by atoms with Gasteiger partial charge in [0.05, 0.1) is 4.90 Å². The third-order valence-corrected chi connectivity index (χ3v) is 8.16. The maximum atomic E-state index is 12.9. The van der Waals surface area contributed by atoms with Crippen molar-refractivity contribution in [2.45, 2.75) is 63.3 Å². The monoisotopic (exact) mass is 392 g/mol. The maximum Gasteiger partial charge on any atom is 0.243 e. The van der Waals surface area contributed by atoms with Gasteiger partial charge >= 0.3 is 0 Å². The summed E-state index contributed by atoms with van der Waals surface area (Å²) in [6.45, 7) is 7.13. The van der Waals surface area contributed by atoms with Crippen molar-refractivity contribution < 1.29 is 13.2 Å². The maximum absolute atomic E-state index is 12.9. The van der Waals surface area contributed by atoms with Crippen LogP contribution < -0.4 is 0 Å². The molecule has 0 bridgehead atoms. The predicted molar refractivity (Wildman–Crippen MR) is 107 cm³/mol. The van der Waals surface area contributed by atoms with Crippen LogP contribution in [0.4, 0.5) is 0 Å². The Morgan fingerprint density at radius 1 is 1.04 bits per heavy atom. The standard InChI is InChI=1S/C21H32N2O3S/c1-15(2)17-7-9-20(10-8-17)27(25,26)23-13-11-19(12-14-23)21(24)22(4)16(3)18-5-6-18/h7-10,15-16,18-19H,5-6,11-14H2,1-4H3. The van der Waals surface area contributed by atoms with Gasteiger partial charge in [-0.15, -0.1) is 0 Å². The van der Waals surface area contributed by atoms with Crippen molar-refractivity contribution in [3.63, 3.8) is 0 Å². The van der Waals surface area contributed by atoms with Gasteiger partial charge < -0.3 is 4.90 Å². The van der Waals surface area contributed by atoms with Crippen molar-refractivity contribution in [3.8, 4) is 0 Å². The molecule has 1 saturated heterocycles. The molecule has 1 saturated carbocycles. The zero-order chi connectivity index (χ0) is 19.8. The molecule has 5 nitrogen and oxygen atoms in total. The highest BCUT2D eigenvalue weighted by Gasteiger charge is 2.37. The van der Waals surface area contributed by atoms with Gasteiger partial charge in [0.15, 0.2) is 0 Å². The molecule has 1 aliphatic heterocycles. The summed E-state index contributed by atoms with van der Waals surface area (Å²) in [5, 5.41) is 0. The van der Waals surface area contributed by atoms with E-state index in [-0.39, 0.29) is 11.8 Å². The molecular formula is C21H32N2O3S. The van der Waals surface area contributed by atoms with Gasteiger partial charge in [0.25, 0.3) is 0 Å². The number of nitrogens with zero attached hydrogens (tertiary/aromatic N) is 2. The van der Waals surface area contributed by atoms with Crippen LogP contribution in [0.25, 0.3) is 0 Å². The molecule has 1 aliphatic carbocycles. The Labute approximate surface area is 163 Å². The van der Waals surface area contributed by atoms with E-state index in [4.69, 9.17) is 0 Å². The van der Waals surface area contributed by atoms with E-state index in [2.05, 4.69) is 20.8 Å². The van der Waals surface area contributed by atoms with Gasteiger partial charge in [-0.2, -0.15) is 4.31 Å². The van der Waals surface area contributed by atoms with Gasteiger partial charge in [-0.25, -0.2) is 8.42 Å². The second-order valence-corrected chi connectivity index (χ2v) is 10.4. The van der Waals surface area contributed by atoms with Crippen molar-refractivity contribution in [3.05, 3.63) is 29.8 Å². The van der Waals surface area contributed by atoms with Crippen molar-refractivity contribution in [1.82, 2.24) is 9.21 Å². The van der Waals surface area contributed by atoms with E-state index in [9.17, 15) is 13.2 Å². The van der Waals surface area contributed by atoms with E-state index in [0.29, 0.717) is 48.7 Å². The lowest BCUT2D eigenvalue weighted by Crippen LogP contribution is -2.45. The molecule has 1 atom stereocenters. The van der Waals surface area contributed by atoms with Crippen LogP contribution in [0.3, 0.4) is 0 Å². The SMILES string of the molecule is CC(C)c1ccc(S(=O)(=O)N2CCC(C(=O)N(C)C(C)C3CC3)CC2)cc1. The van der Waals surface area contributed by atoms with Crippen LogP contribution in [0.2, 0.25) is 0 Å². The highest BCUT2D eigenvalue weighted by atomic mass is 32.2. The first-order valence-corrected chi connectivity index (χ1v) is 11.5. The largest absolute Gasteiger partial charge is 0.343 e. The number of rotatable bonds is 6. The Hall–Kier alpha value is -1.40. The molecule has 150 valence electrons. The van der Waals surface area contributed by atoms with Gasteiger partial charge in [0.1, 0.15) is 0 Å². The third-order valence-electron chi connectivity index (χ3n) is 6.25. The third kappa shape index (κ3) is 4.37. The number of hydrogen-bond acceptors (Lipinski definition) is 3. The summed E-state index contributed by atoms with van der Waals surface area (Å²) in [4.78, 5) is 15.0. The Balaban J connectivity index is 1.61. The van der Waals surface area contributed by atoms with Crippen LogP contribution in [0.15, 0.2) is 29.2 Å². The number of sulfonamides is 1. The van der Waals surface area contributed by atoms with E-state index in [1.165, 1.54) is 17.1 Å². The molecule has 1 aromatic rings. The molecule has 3 rings (SSSR count). The first kappa shape index (κ1) is 20.3. The Bertz CT molecular complexity index is 761. The van der Waals surface area contributed by atoms with Gasteiger partial charge in [0, 0.05) is 32.1 Å². The quantitative estimate of drug-likeness (QED) is 0.745. The van der Waals surface area contributed by atoms with Gasteiger partial charge in [0.2, 0.25) is 15.9 Å². The van der Waals surface area contributed by atoms with Crippen LogP contribution in [0.1, 0.15) is 57.9 Å². The normalized spacial score (nSPS) is 20.6. The van der Waals surface area contributed by atoms with Crippen LogP contribution in [-0.4, -0.2) is 49.7 Å². The lowest BCUT2D eigenvalue weighted by Gasteiger charge is -2.34. The number of carbonyl (C=O) groups is 1. The fourth-order valence-electron chi connectivity index (χ4n) is 3.90. The highest BCUT2D eigenvalue weighted by Crippen LogP contribution is 2.35. The fraction of sp³-hybridized carbons (Fsp3) is 0.667. The topological polar surface area (TPSA) is 57.7 Å². The summed E-state index contributed by atoms with van der Waals surface area (Å²) in [6.07, 6.45) is 3.63. The summed E-state index contributed by atoms with van der Waals surface area (Å²) in [7, 11) is -1.59. The summed E-state index contributed by atoms with van der Waals surface area (Å²) in [5.74, 6) is 1.13. The van der Waals surface area contributed by atoms with E-state index in [0.717, 1.165) is 5.56 Å². The molecule has 2 aliphatic rings. The molecule has 0 N–H and O–H groups in total. The van der Waals surface area contributed by atoms with Crippen LogP contribution in [0, 0.1) is 11.8 Å². The van der Waals surface area contributed by atoms with Gasteiger partial charge in [-0.1, -0.05) is 26.0 Å². The molecule has 6 heteroatoms. The predicted octanol–water partition coefficient (Wildman–Crippen LogP) is 3.47. The second-order valence-electron chi connectivity index (χ2n) is 8.43. The van der Waals surface area contributed by atoms with E-state index in [1.807, 2.05) is 24.1 Å². The highest BCUT2D eigenvalue weighted by molar-refractivity contribution is 7.89. The molecular weight excluding hydrogens is 360 g/mol. The van der Waals surface area contributed by atoms with Crippen molar-refractivity contribution in [1.29, 1.82) is 0 Å². The Morgan fingerprint density at radius 3 is 2.07 bits per heavy atom. The molecule has 27 heavy (non-hydrogen) atoms. The number of carbonyl (C=O) groups excluding carboxylic acids is 1. The lowest BCUT2D eigenvalue weighted by atomic mass is 9.96. The van der Waals surface area contributed by atoms with Crippen molar-refractivity contribution >= 4 is 15.9 Å². The number of piperidine rings is 1. The smallest absolute Gasteiger partial charge is 0.243 e. The first-order chi connectivity index (χ1) is 12.7. The van der Waals surface area contributed by atoms with E-state index in [1.54, 1.807) is 12.1 Å². The van der Waals surface area contributed by atoms with Crippen molar-refractivity contribution in [2.75, 3.05) is 20.1 Å². The number of amides is 1. The van der Waals surface area contributed by atoms with Crippen LogP contribution in [-0.2, 0) is 14.8 Å². The van der Waals surface area contributed by atoms with Crippen LogP contribution >= 0.6 is 0 Å². The molecule has 0 spiro atoms. The molecule has 0 radical (unpaired) electrons. The first-order valence-electron chi connectivity index (χ1n) is 10.1. The van der Waals surface area contributed by atoms with E-state index >= 15 is 0 Å². The minimum absolute atomic E-state index is 0.0639. The molecule has 1 heterocycles. The summed E-state index contributed by atoms with van der Waals surface area (Å²) < 4.78 is 27.4. The molecule has 2 fully saturated rings. The zero-order valence-corrected chi connectivity index (χ0v) is 17.7. The van der Waals surface area contributed by atoms with Crippen molar-refractivity contribution in [2.24, 2.45) is 11.8 Å². The molecule has 1 aromatic carbocycles. The number of benzene rings is 1. The minimum Gasteiger partial charge on any atom is -0.343 e. The van der Waals surface area contributed by atoms with Gasteiger partial charge in [-0.3, -0.25) is 4.79 Å². The minimum atomic E-state index is -3.49. The Kier molecular flexibility index (Phi) is 5.96. The Morgan fingerprint density at radius 2 is 1.59 bits per heavy atom. The molecule has 1 unspecified atom stereocenters. The van der Waals surface area contributed by atoms with E-state index < -0.39 is 10.0 Å². The van der Waals surface area contributed by atoms with Crippen LogP contribution in [0.5, 0.6) is 0 Å². The fourth-order valence-corrected chi connectivity index (χ4v) is 5.37. The lowest BCUT2D eigenvalue weighted by molar-refractivity contribution is -0.137. The molecule has 0 aromatic heterocycles. The molecule has 1 amide bonds. The average molecular weight is 393 g/mol. The zero-order valence-electron chi connectivity index (χ0n) is 16.9. The summed E-state index contributed by atoms with van der Waals surface area (Å²) >= 11 is 0. The summed E-state index contributed by atoms with van der Waals surface area (Å²) in [5.41, 5.74) is 1.13.